The normalized spacial score (nSPS) is 18.9. The first-order chi connectivity index (χ1) is 10.5. The summed E-state index contributed by atoms with van der Waals surface area (Å²) >= 11 is 0. The molecule has 0 saturated carbocycles. The van der Waals surface area contributed by atoms with Crippen molar-refractivity contribution in [3.63, 3.8) is 0 Å². The average molecular weight is 309 g/mol. The molecule has 1 aliphatic rings. The number of likely N-dealkylation sites (tertiary alicyclic amines) is 1. The lowest BCUT2D eigenvalue weighted by Gasteiger charge is -2.31. The van der Waals surface area contributed by atoms with Crippen LogP contribution in [0.5, 0.6) is 0 Å². The van der Waals surface area contributed by atoms with E-state index in [-0.39, 0.29) is 0 Å². The number of hydrogen-bond acceptors (Lipinski definition) is 3. The first-order valence-electron chi connectivity index (χ1n) is 7.73. The van der Waals surface area contributed by atoms with Crippen LogP contribution >= 0.6 is 0 Å². The molecule has 4 nitrogen and oxygen atoms in total. The van der Waals surface area contributed by atoms with E-state index >= 15 is 0 Å². The van der Waals surface area contributed by atoms with Crippen molar-refractivity contribution in [2.45, 2.75) is 32.4 Å². The van der Waals surface area contributed by atoms with Crippen molar-refractivity contribution < 1.29 is 13.9 Å². The topological polar surface area (TPSA) is 41.3 Å². The molecule has 1 aliphatic heterocycles. The third-order valence-corrected chi connectivity index (χ3v) is 4.42. The van der Waals surface area contributed by atoms with E-state index in [4.69, 9.17) is 0 Å². The molecule has 1 aromatic carbocycles. The summed E-state index contributed by atoms with van der Waals surface area (Å²) in [6.45, 7) is 5.17. The fourth-order valence-corrected chi connectivity index (χ4v) is 3.03. The second kappa shape index (κ2) is 6.30. The molecule has 2 aromatic rings. The SMILES string of the molecule is CC1CCN(C[C@H](O)Cn2cnc3cc(F)c(F)cc32)CC1. The Kier molecular flexibility index (Phi) is 4.40. The van der Waals surface area contributed by atoms with Gasteiger partial charge in [-0.05, 0) is 31.8 Å². The Labute approximate surface area is 128 Å². The van der Waals surface area contributed by atoms with E-state index in [1.54, 1.807) is 4.57 Å². The van der Waals surface area contributed by atoms with Crippen LogP contribution in [0, 0.1) is 17.6 Å². The van der Waals surface area contributed by atoms with Gasteiger partial charge >= 0.3 is 0 Å². The molecule has 0 unspecified atom stereocenters. The molecule has 1 fully saturated rings. The molecule has 0 radical (unpaired) electrons. The van der Waals surface area contributed by atoms with E-state index < -0.39 is 17.7 Å². The number of imidazole rings is 1. The minimum Gasteiger partial charge on any atom is -0.390 e. The van der Waals surface area contributed by atoms with Crippen molar-refractivity contribution in [1.29, 1.82) is 0 Å². The molecule has 22 heavy (non-hydrogen) atoms. The molecule has 2 heterocycles. The maximum atomic E-state index is 13.4. The summed E-state index contributed by atoms with van der Waals surface area (Å²) < 4.78 is 28.2. The van der Waals surface area contributed by atoms with Gasteiger partial charge in [-0.1, -0.05) is 6.92 Å². The fraction of sp³-hybridized carbons (Fsp3) is 0.562. The summed E-state index contributed by atoms with van der Waals surface area (Å²) in [7, 11) is 0. The zero-order chi connectivity index (χ0) is 15.7. The van der Waals surface area contributed by atoms with Gasteiger partial charge in [0.15, 0.2) is 11.6 Å². The third-order valence-electron chi connectivity index (χ3n) is 4.42. The Morgan fingerprint density at radius 3 is 2.64 bits per heavy atom. The summed E-state index contributed by atoms with van der Waals surface area (Å²) in [5.41, 5.74) is 0.906. The highest BCUT2D eigenvalue weighted by Crippen LogP contribution is 2.19. The van der Waals surface area contributed by atoms with Gasteiger partial charge in [0.05, 0.1) is 30.0 Å². The van der Waals surface area contributed by atoms with Gasteiger partial charge in [-0.2, -0.15) is 0 Å². The number of aliphatic hydroxyl groups excluding tert-OH is 1. The van der Waals surface area contributed by atoms with E-state index in [9.17, 15) is 13.9 Å². The number of β-amino-alcohol motifs (C(OH)–C–C–N with tert-alkyl or cyclic N) is 1. The van der Waals surface area contributed by atoms with Gasteiger partial charge in [0.2, 0.25) is 0 Å². The average Bonchev–Trinajstić information content (AvgIpc) is 2.84. The molecule has 0 bridgehead atoms. The quantitative estimate of drug-likeness (QED) is 0.943. The molecule has 1 saturated heterocycles. The van der Waals surface area contributed by atoms with Gasteiger partial charge < -0.3 is 14.6 Å². The summed E-state index contributed by atoms with van der Waals surface area (Å²) in [6, 6.07) is 2.21. The highest BCUT2D eigenvalue weighted by Gasteiger charge is 2.19. The van der Waals surface area contributed by atoms with Gasteiger partial charge in [0.25, 0.3) is 0 Å². The van der Waals surface area contributed by atoms with Crippen LogP contribution in [0.2, 0.25) is 0 Å². The predicted octanol–water partition coefficient (Wildman–Crippen LogP) is 2.41. The number of benzene rings is 1. The molecular formula is C16H21F2N3O. The molecule has 0 aliphatic carbocycles. The molecule has 0 amide bonds. The van der Waals surface area contributed by atoms with E-state index in [0.717, 1.165) is 44.0 Å². The number of nitrogens with zero attached hydrogens (tertiary/aromatic N) is 3. The van der Waals surface area contributed by atoms with E-state index in [1.165, 1.54) is 6.33 Å². The largest absolute Gasteiger partial charge is 0.390 e. The predicted molar refractivity (Wildman–Crippen MR) is 80.5 cm³/mol. The van der Waals surface area contributed by atoms with Crippen LogP contribution in [0.4, 0.5) is 8.78 Å². The highest BCUT2D eigenvalue weighted by molar-refractivity contribution is 5.75. The number of hydrogen-bond donors (Lipinski definition) is 1. The molecule has 1 atom stereocenters. The van der Waals surface area contributed by atoms with Crippen molar-refractivity contribution >= 4 is 11.0 Å². The lowest BCUT2D eigenvalue weighted by atomic mass is 9.99. The summed E-state index contributed by atoms with van der Waals surface area (Å²) in [6.07, 6.45) is 3.28. The van der Waals surface area contributed by atoms with E-state index in [1.807, 2.05) is 0 Å². The van der Waals surface area contributed by atoms with Gasteiger partial charge in [0.1, 0.15) is 0 Å². The van der Waals surface area contributed by atoms with Gasteiger partial charge in [-0.25, -0.2) is 13.8 Å². The molecular weight excluding hydrogens is 288 g/mol. The van der Waals surface area contributed by atoms with Gasteiger partial charge in [-0.3, -0.25) is 0 Å². The third kappa shape index (κ3) is 3.28. The van der Waals surface area contributed by atoms with Crippen LogP contribution in [0.3, 0.4) is 0 Å². The van der Waals surface area contributed by atoms with Crippen LogP contribution in [-0.4, -0.2) is 45.3 Å². The van der Waals surface area contributed by atoms with E-state index in [2.05, 4.69) is 16.8 Å². The fourth-order valence-electron chi connectivity index (χ4n) is 3.03. The van der Waals surface area contributed by atoms with Crippen molar-refractivity contribution in [1.82, 2.24) is 14.5 Å². The van der Waals surface area contributed by atoms with Gasteiger partial charge in [-0.15, -0.1) is 0 Å². The maximum Gasteiger partial charge on any atom is 0.161 e. The standard InChI is InChI=1S/C16H21F2N3O/c1-11-2-4-20(5-3-11)8-12(22)9-21-10-19-15-6-13(17)14(18)7-16(15)21/h6-7,10-12,22H,2-5,8-9H2,1H3/t12-/m0/s1. The number of rotatable bonds is 4. The number of aromatic nitrogens is 2. The minimum atomic E-state index is -0.902. The smallest absolute Gasteiger partial charge is 0.161 e. The molecule has 1 aromatic heterocycles. The lowest BCUT2D eigenvalue weighted by molar-refractivity contribution is 0.0809. The van der Waals surface area contributed by atoms with E-state index in [0.29, 0.717) is 24.1 Å². The zero-order valence-corrected chi connectivity index (χ0v) is 12.7. The lowest BCUT2D eigenvalue weighted by Crippen LogP contribution is -2.39. The first kappa shape index (κ1) is 15.4. The maximum absolute atomic E-state index is 13.4. The monoisotopic (exact) mass is 309 g/mol. The number of piperidine rings is 1. The zero-order valence-electron chi connectivity index (χ0n) is 12.7. The van der Waals surface area contributed by atoms with Crippen LogP contribution in [0.25, 0.3) is 11.0 Å². The Morgan fingerprint density at radius 1 is 1.23 bits per heavy atom. The Balaban J connectivity index is 1.66. The van der Waals surface area contributed by atoms with Crippen LogP contribution in [-0.2, 0) is 6.54 Å². The molecule has 120 valence electrons. The molecule has 6 heteroatoms. The second-order valence-electron chi connectivity index (χ2n) is 6.29. The van der Waals surface area contributed by atoms with Crippen molar-refractivity contribution in [3.05, 3.63) is 30.1 Å². The number of halogens is 2. The van der Waals surface area contributed by atoms with Gasteiger partial charge in [0, 0.05) is 18.7 Å². The Bertz CT molecular complexity index is 650. The van der Waals surface area contributed by atoms with Crippen LogP contribution in [0.15, 0.2) is 18.5 Å². The Hall–Kier alpha value is -1.53. The summed E-state index contributed by atoms with van der Waals surface area (Å²) in [5.74, 6) is -1.04. The summed E-state index contributed by atoms with van der Waals surface area (Å²) in [4.78, 5) is 6.32. The Morgan fingerprint density at radius 2 is 1.91 bits per heavy atom. The molecule has 0 spiro atoms. The van der Waals surface area contributed by atoms with Crippen LogP contribution in [0.1, 0.15) is 19.8 Å². The minimum absolute atomic E-state index is 0.327. The number of aliphatic hydroxyl groups is 1. The van der Waals surface area contributed by atoms with Crippen molar-refractivity contribution in [2.75, 3.05) is 19.6 Å². The summed E-state index contributed by atoms with van der Waals surface area (Å²) in [5, 5.41) is 10.3. The van der Waals surface area contributed by atoms with Crippen LogP contribution < -0.4 is 0 Å². The highest BCUT2D eigenvalue weighted by atomic mass is 19.2. The van der Waals surface area contributed by atoms with Crippen molar-refractivity contribution in [3.8, 4) is 0 Å². The molecule has 1 N–H and O–H groups in total. The second-order valence-corrected chi connectivity index (χ2v) is 6.29. The van der Waals surface area contributed by atoms with Crippen molar-refractivity contribution in [2.24, 2.45) is 5.92 Å². The number of fused-ring (bicyclic) bond motifs is 1. The molecule has 3 rings (SSSR count). The first-order valence-corrected chi connectivity index (χ1v) is 7.73.